The maximum atomic E-state index is 13.0. The molecule has 4 rings (SSSR count). The highest BCUT2D eigenvalue weighted by atomic mass is 19.1. The molecule has 3 aromatic rings. The predicted molar refractivity (Wildman–Crippen MR) is 113 cm³/mol. The number of amides is 2. The van der Waals surface area contributed by atoms with E-state index in [-0.39, 0.29) is 24.1 Å². The molecule has 1 fully saturated rings. The molecule has 0 spiro atoms. The van der Waals surface area contributed by atoms with Crippen LogP contribution in [0.25, 0.3) is 11.4 Å². The number of carbonyl (C=O) groups is 2. The van der Waals surface area contributed by atoms with Crippen molar-refractivity contribution in [2.24, 2.45) is 0 Å². The molecule has 160 valence electrons. The lowest BCUT2D eigenvalue weighted by Gasteiger charge is -2.15. The lowest BCUT2D eigenvalue weighted by atomic mass is 10.1. The Kier molecular flexibility index (Phi) is 6.35. The van der Waals surface area contributed by atoms with Crippen molar-refractivity contribution >= 4 is 17.5 Å². The molecule has 1 N–H and O–H groups in total. The Hall–Kier alpha value is -3.55. The molecule has 0 unspecified atom stereocenters. The van der Waals surface area contributed by atoms with Gasteiger partial charge in [0, 0.05) is 42.7 Å². The Morgan fingerprint density at radius 1 is 1.10 bits per heavy atom. The lowest BCUT2D eigenvalue weighted by Crippen LogP contribution is -2.27. The zero-order valence-electron chi connectivity index (χ0n) is 17.0. The predicted octanol–water partition coefficient (Wildman–Crippen LogP) is 4.07. The molecule has 2 aromatic carbocycles. The van der Waals surface area contributed by atoms with Gasteiger partial charge in [0.05, 0.1) is 0 Å². The number of hydrogen-bond acceptors (Lipinski definition) is 5. The topological polar surface area (TPSA) is 88.3 Å². The van der Waals surface area contributed by atoms with Crippen molar-refractivity contribution in [1.29, 1.82) is 0 Å². The number of carbonyl (C=O) groups excluding carboxylic acids is 2. The van der Waals surface area contributed by atoms with E-state index < -0.39 is 0 Å². The van der Waals surface area contributed by atoms with Crippen LogP contribution < -0.4 is 5.32 Å². The Morgan fingerprint density at radius 2 is 1.87 bits per heavy atom. The molecule has 8 heteroatoms. The molecule has 0 bridgehead atoms. The fraction of sp³-hybridized carbons (Fsp3) is 0.304. The van der Waals surface area contributed by atoms with Crippen molar-refractivity contribution in [2.45, 2.75) is 32.1 Å². The number of nitrogens with zero attached hydrogens (tertiary/aromatic N) is 3. The van der Waals surface area contributed by atoms with Gasteiger partial charge < -0.3 is 14.7 Å². The quantitative estimate of drug-likeness (QED) is 0.620. The Balaban J connectivity index is 1.27. The summed E-state index contributed by atoms with van der Waals surface area (Å²) in [7, 11) is 0. The average Bonchev–Trinajstić information content (AvgIpc) is 3.46. The molecule has 7 nitrogen and oxygen atoms in total. The van der Waals surface area contributed by atoms with E-state index in [9.17, 15) is 14.0 Å². The second-order valence-electron chi connectivity index (χ2n) is 7.50. The number of benzene rings is 2. The maximum Gasteiger partial charge on any atom is 0.253 e. The first-order valence-corrected chi connectivity index (χ1v) is 10.4. The van der Waals surface area contributed by atoms with Crippen LogP contribution in [0, 0.1) is 5.82 Å². The molecule has 1 aliphatic heterocycles. The molecule has 2 heterocycles. The van der Waals surface area contributed by atoms with Crippen LogP contribution in [0.15, 0.2) is 53.1 Å². The maximum absolute atomic E-state index is 13.0. The third-order valence-electron chi connectivity index (χ3n) is 5.15. The van der Waals surface area contributed by atoms with Gasteiger partial charge >= 0.3 is 0 Å². The summed E-state index contributed by atoms with van der Waals surface area (Å²) in [6, 6.07) is 12.9. The third-order valence-corrected chi connectivity index (χ3v) is 5.15. The largest absolute Gasteiger partial charge is 0.339 e. The summed E-state index contributed by atoms with van der Waals surface area (Å²) in [6.07, 6.45) is 3.33. The van der Waals surface area contributed by atoms with Crippen molar-refractivity contribution < 1.29 is 18.5 Å². The number of nitrogens with one attached hydrogen (secondary N) is 1. The van der Waals surface area contributed by atoms with Crippen molar-refractivity contribution in [1.82, 2.24) is 15.0 Å². The summed E-state index contributed by atoms with van der Waals surface area (Å²) in [5, 5.41) is 6.73. The van der Waals surface area contributed by atoms with E-state index in [0.29, 0.717) is 41.4 Å². The lowest BCUT2D eigenvalue weighted by molar-refractivity contribution is -0.116. The Morgan fingerprint density at radius 3 is 2.65 bits per heavy atom. The summed E-state index contributed by atoms with van der Waals surface area (Å²) in [4.78, 5) is 30.9. The van der Waals surface area contributed by atoms with Crippen molar-refractivity contribution in [3.8, 4) is 11.4 Å². The van der Waals surface area contributed by atoms with Crippen molar-refractivity contribution in [3.05, 3.63) is 65.8 Å². The average molecular weight is 422 g/mol. The van der Waals surface area contributed by atoms with Gasteiger partial charge in [0.1, 0.15) is 5.82 Å². The summed E-state index contributed by atoms with van der Waals surface area (Å²) in [5.74, 6) is 0.333. The van der Waals surface area contributed by atoms with Crippen LogP contribution in [0.1, 0.15) is 41.9 Å². The molecule has 31 heavy (non-hydrogen) atoms. The molecular formula is C23H23FN4O3. The molecule has 0 aliphatic carbocycles. The van der Waals surface area contributed by atoms with Gasteiger partial charge in [-0.15, -0.1) is 0 Å². The van der Waals surface area contributed by atoms with Crippen molar-refractivity contribution in [2.75, 3.05) is 18.4 Å². The van der Waals surface area contributed by atoms with Gasteiger partial charge in [-0.2, -0.15) is 4.98 Å². The minimum Gasteiger partial charge on any atom is -0.339 e. The molecular weight excluding hydrogens is 399 g/mol. The molecule has 2 amide bonds. The summed E-state index contributed by atoms with van der Waals surface area (Å²) in [5.41, 5.74) is 1.85. The van der Waals surface area contributed by atoms with E-state index in [1.165, 1.54) is 12.1 Å². The number of anilines is 1. The second-order valence-corrected chi connectivity index (χ2v) is 7.50. The zero-order chi connectivity index (χ0) is 21.6. The van der Waals surface area contributed by atoms with Gasteiger partial charge in [0.15, 0.2) is 0 Å². The van der Waals surface area contributed by atoms with Gasteiger partial charge in [-0.05, 0) is 61.7 Å². The first-order valence-electron chi connectivity index (χ1n) is 10.4. The fourth-order valence-corrected chi connectivity index (χ4v) is 3.53. The third kappa shape index (κ3) is 5.33. The van der Waals surface area contributed by atoms with Crippen LogP contribution in [0.3, 0.4) is 0 Å². The van der Waals surface area contributed by atoms with Gasteiger partial charge in [-0.3, -0.25) is 9.59 Å². The first kappa shape index (κ1) is 20.7. The molecule has 1 aromatic heterocycles. The Labute approximate surface area is 179 Å². The van der Waals surface area contributed by atoms with E-state index >= 15 is 0 Å². The minimum absolute atomic E-state index is 0.00181. The SMILES string of the molecule is O=C(CCCc1nc(-c2ccc(F)cc2)no1)Nc1cccc(C(=O)N2CCCC2)c1. The highest BCUT2D eigenvalue weighted by Gasteiger charge is 2.19. The van der Waals surface area contributed by atoms with Crippen LogP contribution in [-0.4, -0.2) is 39.9 Å². The van der Waals surface area contributed by atoms with Crippen LogP contribution in [0.4, 0.5) is 10.1 Å². The van der Waals surface area contributed by atoms with E-state index in [0.717, 1.165) is 25.9 Å². The van der Waals surface area contributed by atoms with E-state index in [4.69, 9.17) is 4.52 Å². The van der Waals surface area contributed by atoms with Crippen molar-refractivity contribution in [3.63, 3.8) is 0 Å². The van der Waals surface area contributed by atoms with E-state index in [1.54, 1.807) is 36.4 Å². The summed E-state index contributed by atoms with van der Waals surface area (Å²) < 4.78 is 18.2. The molecule has 0 radical (unpaired) electrons. The first-order chi connectivity index (χ1) is 15.1. The van der Waals surface area contributed by atoms with Gasteiger partial charge in [-0.25, -0.2) is 4.39 Å². The number of aromatic nitrogens is 2. The molecule has 1 aliphatic rings. The smallest absolute Gasteiger partial charge is 0.253 e. The number of aryl methyl sites for hydroxylation is 1. The molecule has 1 saturated heterocycles. The number of likely N-dealkylation sites (tertiary alicyclic amines) is 1. The minimum atomic E-state index is -0.329. The van der Waals surface area contributed by atoms with Crippen LogP contribution in [-0.2, 0) is 11.2 Å². The number of rotatable bonds is 7. The van der Waals surface area contributed by atoms with Crippen LogP contribution in [0.2, 0.25) is 0 Å². The highest BCUT2D eigenvalue weighted by Crippen LogP contribution is 2.18. The fourth-order valence-electron chi connectivity index (χ4n) is 3.53. The summed E-state index contributed by atoms with van der Waals surface area (Å²) >= 11 is 0. The standard InChI is InChI=1S/C23H23FN4O3/c24-18-11-9-16(10-12-18)22-26-21(31-27-22)8-4-7-20(29)25-19-6-3-5-17(15-19)23(30)28-13-1-2-14-28/h3,5-6,9-12,15H,1-2,4,7-8,13-14H2,(H,25,29). The second kappa shape index (κ2) is 9.51. The monoisotopic (exact) mass is 422 g/mol. The van der Waals surface area contributed by atoms with Crippen LogP contribution >= 0.6 is 0 Å². The number of halogens is 1. The Bertz CT molecular complexity index is 1060. The van der Waals surface area contributed by atoms with E-state index in [2.05, 4.69) is 15.5 Å². The molecule has 0 saturated carbocycles. The summed E-state index contributed by atoms with van der Waals surface area (Å²) in [6.45, 7) is 1.57. The van der Waals surface area contributed by atoms with Gasteiger partial charge in [0.25, 0.3) is 5.91 Å². The van der Waals surface area contributed by atoms with Gasteiger partial charge in [0.2, 0.25) is 17.6 Å². The zero-order valence-corrected chi connectivity index (χ0v) is 17.0. The highest BCUT2D eigenvalue weighted by molar-refractivity contribution is 5.97. The van der Waals surface area contributed by atoms with Gasteiger partial charge in [-0.1, -0.05) is 11.2 Å². The normalized spacial score (nSPS) is 13.4. The molecule has 0 atom stereocenters. The van der Waals surface area contributed by atoms with E-state index in [1.807, 2.05) is 4.90 Å². The van der Waals surface area contributed by atoms with Crippen LogP contribution in [0.5, 0.6) is 0 Å². The number of hydrogen-bond donors (Lipinski definition) is 1.